The number of rotatable bonds is 7. The van der Waals surface area contributed by atoms with Crippen molar-refractivity contribution in [3.05, 3.63) is 81.3 Å². The molecule has 0 saturated heterocycles. The fourth-order valence-electron chi connectivity index (χ4n) is 4.65. The second-order valence-electron chi connectivity index (χ2n) is 8.52. The van der Waals surface area contributed by atoms with Crippen molar-refractivity contribution in [1.82, 2.24) is 9.99 Å². The minimum Gasteiger partial charge on any atom is -0.494 e. The zero-order chi connectivity index (χ0) is 24.5. The molecule has 0 amide bonds. The van der Waals surface area contributed by atoms with Gasteiger partial charge in [0.25, 0.3) is 11.3 Å². The quantitative estimate of drug-likeness (QED) is 0.427. The lowest BCUT2D eigenvalue weighted by atomic mass is 9.85. The van der Waals surface area contributed by atoms with Gasteiger partial charge in [0.1, 0.15) is 16.4 Å². The number of thiazole rings is 1. The van der Waals surface area contributed by atoms with Crippen molar-refractivity contribution in [1.29, 1.82) is 0 Å². The van der Waals surface area contributed by atoms with E-state index < -0.39 is 17.2 Å². The van der Waals surface area contributed by atoms with Gasteiger partial charge in [0, 0.05) is 4.88 Å². The number of aromatic carboxylic acids is 1. The van der Waals surface area contributed by atoms with Crippen LogP contribution in [0.25, 0.3) is 5.57 Å². The predicted molar refractivity (Wildman–Crippen MR) is 136 cm³/mol. The summed E-state index contributed by atoms with van der Waals surface area (Å²) in [5.41, 5.74) is 3.90. The SMILES string of the molecule is COc1cc(C(=O)O)ccc1N(N1Cc2nc(C3=CCC(c4ccccc4)CC3)sc2C1)S(=O)O. The molecule has 2 heterocycles. The summed E-state index contributed by atoms with van der Waals surface area (Å²) in [5, 5.41) is 12.0. The number of hydrogen-bond acceptors (Lipinski definition) is 6. The minimum atomic E-state index is -2.38. The molecule has 0 fully saturated rings. The maximum Gasteiger partial charge on any atom is 0.335 e. The van der Waals surface area contributed by atoms with Crippen molar-refractivity contribution in [2.75, 3.05) is 11.5 Å². The molecule has 2 atom stereocenters. The first-order valence-corrected chi connectivity index (χ1v) is 13.1. The smallest absolute Gasteiger partial charge is 0.335 e. The van der Waals surface area contributed by atoms with Gasteiger partial charge in [-0.25, -0.2) is 14.0 Å². The number of carboxylic acid groups (broad SMARTS) is 1. The summed E-state index contributed by atoms with van der Waals surface area (Å²) in [6.45, 7) is 0.810. The second-order valence-corrected chi connectivity index (χ2v) is 10.4. The third-order valence-corrected chi connectivity index (χ3v) is 8.31. The average molecular weight is 512 g/mol. The largest absolute Gasteiger partial charge is 0.494 e. The Bertz CT molecular complexity index is 1280. The van der Waals surface area contributed by atoms with Gasteiger partial charge in [-0.3, -0.25) is 4.55 Å². The topological polar surface area (TPSA) is 103 Å². The van der Waals surface area contributed by atoms with Gasteiger partial charge in [-0.1, -0.05) is 36.4 Å². The predicted octanol–water partition coefficient (Wildman–Crippen LogP) is 5.07. The average Bonchev–Trinajstić information content (AvgIpc) is 3.44. The number of fused-ring (bicyclic) bond motifs is 1. The molecule has 0 spiro atoms. The van der Waals surface area contributed by atoms with Gasteiger partial charge in [0.15, 0.2) is 0 Å². The standard InChI is InChI=1S/C25H25N3O5S2/c1-33-22-13-19(25(29)30)11-12-21(22)28(35(31)32)27-14-20-23(15-27)34-24(26-20)18-9-7-17(8-10-18)16-5-3-2-4-6-16/h2-6,9,11-13,17H,7-8,10,14-15H2,1H3,(H,29,30)(H,31,32). The monoisotopic (exact) mass is 511 g/mol. The van der Waals surface area contributed by atoms with Crippen LogP contribution in [0.15, 0.2) is 54.6 Å². The van der Waals surface area contributed by atoms with Gasteiger partial charge in [-0.2, -0.15) is 9.42 Å². The number of anilines is 1. The Hall–Kier alpha value is -3.05. The molecule has 35 heavy (non-hydrogen) atoms. The van der Waals surface area contributed by atoms with E-state index in [-0.39, 0.29) is 11.3 Å². The van der Waals surface area contributed by atoms with Crippen molar-refractivity contribution in [3.8, 4) is 5.75 Å². The Morgan fingerprint density at radius 2 is 2.03 bits per heavy atom. The first-order chi connectivity index (χ1) is 16.9. The van der Waals surface area contributed by atoms with Gasteiger partial charge in [-0.15, -0.1) is 11.3 Å². The van der Waals surface area contributed by atoms with Crippen LogP contribution in [0.1, 0.15) is 56.7 Å². The Balaban J connectivity index is 1.33. The molecule has 2 N–H and O–H groups in total. The summed E-state index contributed by atoms with van der Waals surface area (Å²) in [6.07, 6.45) is 5.38. The van der Waals surface area contributed by atoms with Crippen LogP contribution in [-0.2, 0) is 24.4 Å². The number of methoxy groups -OCH3 is 1. The first-order valence-electron chi connectivity index (χ1n) is 11.2. The molecular weight excluding hydrogens is 486 g/mol. The van der Waals surface area contributed by atoms with Crippen LogP contribution >= 0.6 is 11.3 Å². The molecule has 2 aliphatic rings. The summed E-state index contributed by atoms with van der Waals surface area (Å²) in [4.78, 5) is 17.2. The molecule has 0 radical (unpaired) electrons. The number of nitrogens with zero attached hydrogens (tertiary/aromatic N) is 3. The second kappa shape index (κ2) is 9.90. The van der Waals surface area contributed by atoms with Gasteiger partial charge < -0.3 is 9.84 Å². The highest BCUT2D eigenvalue weighted by Gasteiger charge is 2.33. The van der Waals surface area contributed by atoms with Crippen molar-refractivity contribution in [2.24, 2.45) is 0 Å². The Morgan fingerprint density at radius 1 is 1.23 bits per heavy atom. The zero-order valence-corrected chi connectivity index (χ0v) is 20.7. The Morgan fingerprint density at radius 3 is 2.66 bits per heavy atom. The third-order valence-electron chi connectivity index (χ3n) is 6.43. The van der Waals surface area contributed by atoms with Gasteiger partial charge in [-0.05, 0) is 54.5 Å². The number of ether oxygens (including phenoxy) is 1. The molecule has 8 nitrogen and oxygen atoms in total. The normalized spacial score (nSPS) is 18.6. The van der Waals surface area contributed by atoms with Crippen LogP contribution in [0.3, 0.4) is 0 Å². The molecule has 1 aliphatic carbocycles. The van der Waals surface area contributed by atoms with E-state index in [1.54, 1.807) is 16.3 Å². The van der Waals surface area contributed by atoms with E-state index in [1.165, 1.54) is 40.9 Å². The summed E-state index contributed by atoms with van der Waals surface area (Å²) < 4.78 is 28.9. The van der Waals surface area contributed by atoms with Gasteiger partial charge >= 0.3 is 5.97 Å². The molecule has 0 saturated carbocycles. The van der Waals surface area contributed by atoms with Crippen molar-refractivity contribution < 1.29 is 23.4 Å². The van der Waals surface area contributed by atoms with E-state index in [4.69, 9.17) is 9.72 Å². The highest BCUT2D eigenvalue weighted by Crippen LogP contribution is 2.41. The number of benzene rings is 2. The van der Waals surface area contributed by atoms with E-state index in [9.17, 15) is 18.7 Å². The summed E-state index contributed by atoms with van der Waals surface area (Å²) in [5.74, 6) is -0.354. The molecule has 1 aromatic heterocycles. The highest BCUT2D eigenvalue weighted by molar-refractivity contribution is 7.80. The van der Waals surface area contributed by atoms with Gasteiger partial charge in [0.2, 0.25) is 0 Å². The van der Waals surface area contributed by atoms with E-state index in [2.05, 4.69) is 30.3 Å². The molecule has 3 aromatic rings. The van der Waals surface area contributed by atoms with E-state index >= 15 is 0 Å². The van der Waals surface area contributed by atoms with E-state index in [1.807, 2.05) is 6.07 Å². The third kappa shape index (κ3) is 4.74. The first kappa shape index (κ1) is 23.7. The molecular formula is C25H25N3O5S2. The summed E-state index contributed by atoms with van der Waals surface area (Å²) >= 11 is -0.748. The number of aromatic nitrogens is 1. The van der Waals surface area contributed by atoms with Crippen LogP contribution in [0.5, 0.6) is 5.75 Å². The molecule has 1 aliphatic heterocycles. The zero-order valence-electron chi connectivity index (χ0n) is 19.1. The molecule has 10 heteroatoms. The van der Waals surface area contributed by atoms with Crippen molar-refractivity contribution in [2.45, 2.75) is 38.3 Å². The van der Waals surface area contributed by atoms with Crippen molar-refractivity contribution in [3.63, 3.8) is 0 Å². The molecule has 5 rings (SSSR count). The molecule has 2 aromatic carbocycles. The number of carboxylic acids is 1. The minimum absolute atomic E-state index is 0.0383. The van der Waals surface area contributed by atoms with Crippen LogP contribution < -0.4 is 9.15 Å². The summed E-state index contributed by atoms with van der Waals surface area (Å²) in [6, 6.07) is 14.8. The summed E-state index contributed by atoms with van der Waals surface area (Å²) in [7, 11) is 1.40. The van der Waals surface area contributed by atoms with Crippen LogP contribution in [0.4, 0.5) is 5.69 Å². The van der Waals surface area contributed by atoms with Crippen molar-refractivity contribution >= 4 is 39.8 Å². The highest BCUT2D eigenvalue weighted by atomic mass is 32.2. The number of carbonyl (C=O) groups is 1. The maximum absolute atomic E-state index is 12.3. The maximum atomic E-state index is 12.3. The number of hydrazine groups is 1. The van der Waals surface area contributed by atoms with E-state index in [0.717, 1.165) is 34.8 Å². The lowest BCUT2D eigenvalue weighted by molar-refractivity contribution is 0.0696. The lowest BCUT2D eigenvalue weighted by Crippen LogP contribution is -2.40. The lowest BCUT2D eigenvalue weighted by Gasteiger charge is -2.30. The fourth-order valence-corrected chi connectivity index (χ4v) is 6.43. The van der Waals surface area contributed by atoms with Crippen LogP contribution in [-0.4, -0.2) is 36.9 Å². The number of allylic oxidation sites excluding steroid dienone is 2. The molecule has 2 unspecified atom stereocenters. The Kier molecular flexibility index (Phi) is 6.70. The fraction of sp³-hybridized carbons (Fsp3) is 0.280. The molecule has 0 bridgehead atoms. The van der Waals surface area contributed by atoms with Gasteiger partial charge in [0.05, 0.1) is 31.5 Å². The number of hydrogen-bond donors (Lipinski definition) is 2. The molecule has 182 valence electrons. The van der Waals surface area contributed by atoms with E-state index in [0.29, 0.717) is 24.7 Å². The Labute approximate surface area is 209 Å². The van der Waals surface area contributed by atoms with Crippen LogP contribution in [0, 0.1) is 0 Å². The van der Waals surface area contributed by atoms with Crippen LogP contribution in [0.2, 0.25) is 0 Å².